The maximum Gasteiger partial charge on any atom is 0.223 e. The Labute approximate surface area is 121 Å². The Morgan fingerprint density at radius 3 is 2.75 bits per heavy atom. The minimum atomic E-state index is -1.21. The largest absolute Gasteiger partial charge is 0.394 e. The summed E-state index contributed by atoms with van der Waals surface area (Å²) in [5, 5.41) is 28.9. The summed E-state index contributed by atoms with van der Waals surface area (Å²) in [6, 6.07) is 0. The molecule has 2 aromatic rings. The van der Waals surface area contributed by atoms with Crippen LogP contribution in [0.4, 0.5) is 5.95 Å². The maximum atomic E-state index is 10.0. The van der Waals surface area contributed by atoms with E-state index >= 15 is 0 Å². The molecule has 0 radical (unpaired) electrons. The Bertz CT molecular complexity index is 650. The van der Waals surface area contributed by atoms with E-state index < -0.39 is 31.1 Å². The minimum Gasteiger partial charge on any atom is -0.394 e. The highest BCUT2D eigenvalue weighted by atomic mass is 79.9. The van der Waals surface area contributed by atoms with Gasteiger partial charge in [-0.1, -0.05) is 0 Å². The zero-order valence-corrected chi connectivity index (χ0v) is 11.7. The van der Waals surface area contributed by atoms with Crippen molar-refractivity contribution in [3.63, 3.8) is 0 Å². The molecular formula is C10H12BrN5O4. The summed E-state index contributed by atoms with van der Waals surface area (Å²) in [6.45, 7) is -0.401. The summed E-state index contributed by atoms with van der Waals surface area (Å²) in [4.78, 5) is 12.1. The van der Waals surface area contributed by atoms with Crippen LogP contribution in [-0.2, 0) is 4.74 Å². The molecule has 4 atom stereocenters. The van der Waals surface area contributed by atoms with Gasteiger partial charge in [-0.15, -0.1) is 0 Å². The molecule has 5 N–H and O–H groups in total. The summed E-state index contributed by atoms with van der Waals surface area (Å²) in [6.07, 6.45) is -2.77. The smallest absolute Gasteiger partial charge is 0.223 e. The van der Waals surface area contributed by atoms with Crippen LogP contribution < -0.4 is 5.73 Å². The van der Waals surface area contributed by atoms with Crippen molar-refractivity contribution in [1.82, 2.24) is 19.5 Å². The first-order valence-corrected chi connectivity index (χ1v) is 6.60. The second kappa shape index (κ2) is 4.90. The Hall–Kier alpha value is -1.33. The highest BCUT2D eigenvalue weighted by Crippen LogP contribution is 2.32. The van der Waals surface area contributed by atoms with Gasteiger partial charge in [-0.25, -0.2) is 9.97 Å². The molecule has 9 nitrogen and oxygen atoms in total. The Balaban J connectivity index is 2.07. The van der Waals surface area contributed by atoms with Crippen molar-refractivity contribution in [2.75, 3.05) is 12.3 Å². The third-order valence-corrected chi connectivity index (χ3v) is 3.74. The summed E-state index contributed by atoms with van der Waals surface area (Å²) in [5.41, 5.74) is 6.40. The van der Waals surface area contributed by atoms with E-state index in [2.05, 4.69) is 30.9 Å². The number of aliphatic hydroxyl groups excluding tert-OH is 3. The molecule has 1 fully saturated rings. The normalized spacial score (nSPS) is 30.2. The number of fused-ring (bicyclic) bond motifs is 1. The number of aromatic nitrogens is 4. The van der Waals surface area contributed by atoms with Crippen LogP contribution in [0.3, 0.4) is 0 Å². The number of anilines is 1. The van der Waals surface area contributed by atoms with Gasteiger partial charge in [-0.2, -0.15) is 4.98 Å². The van der Waals surface area contributed by atoms with E-state index in [1.807, 2.05) is 0 Å². The van der Waals surface area contributed by atoms with Gasteiger partial charge >= 0.3 is 0 Å². The summed E-state index contributed by atoms with van der Waals surface area (Å²) >= 11 is 3.22. The van der Waals surface area contributed by atoms with E-state index in [1.54, 1.807) is 0 Å². The number of ether oxygens (including phenoxy) is 1. The highest BCUT2D eigenvalue weighted by molar-refractivity contribution is 9.10. The summed E-state index contributed by atoms with van der Waals surface area (Å²) < 4.78 is 7.29. The van der Waals surface area contributed by atoms with Crippen molar-refractivity contribution in [3.05, 3.63) is 10.9 Å². The first kappa shape index (κ1) is 13.6. The lowest BCUT2D eigenvalue weighted by Gasteiger charge is -2.16. The van der Waals surface area contributed by atoms with Crippen molar-refractivity contribution in [3.8, 4) is 0 Å². The van der Waals surface area contributed by atoms with Gasteiger partial charge < -0.3 is 25.8 Å². The molecule has 0 saturated carbocycles. The quantitative estimate of drug-likeness (QED) is 0.496. The first-order chi connectivity index (χ1) is 9.52. The lowest BCUT2D eigenvalue weighted by atomic mass is 10.1. The van der Waals surface area contributed by atoms with Crippen LogP contribution in [0.5, 0.6) is 0 Å². The van der Waals surface area contributed by atoms with Crippen molar-refractivity contribution in [1.29, 1.82) is 0 Å². The maximum absolute atomic E-state index is 10.0. The lowest BCUT2D eigenvalue weighted by Crippen LogP contribution is -2.33. The lowest BCUT2D eigenvalue weighted by molar-refractivity contribution is -0.0511. The topological polar surface area (TPSA) is 140 Å². The van der Waals surface area contributed by atoms with E-state index in [0.29, 0.717) is 15.8 Å². The first-order valence-electron chi connectivity index (χ1n) is 5.81. The van der Waals surface area contributed by atoms with Crippen LogP contribution in [0.25, 0.3) is 11.2 Å². The third kappa shape index (κ3) is 1.96. The summed E-state index contributed by atoms with van der Waals surface area (Å²) in [7, 11) is 0. The predicted octanol–water partition coefficient (Wildman–Crippen LogP) is -1.22. The molecule has 0 amide bonds. The molecule has 3 heterocycles. The van der Waals surface area contributed by atoms with Crippen LogP contribution in [0, 0.1) is 0 Å². The van der Waals surface area contributed by atoms with E-state index in [1.165, 1.54) is 10.9 Å². The zero-order valence-electron chi connectivity index (χ0n) is 10.1. The van der Waals surface area contributed by atoms with E-state index in [0.717, 1.165) is 0 Å². The molecule has 0 unspecified atom stereocenters. The molecule has 1 aliphatic heterocycles. The molecule has 0 aromatic carbocycles. The number of imidazole rings is 1. The number of rotatable bonds is 2. The van der Waals surface area contributed by atoms with Crippen LogP contribution in [0.1, 0.15) is 6.23 Å². The van der Waals surface area contributed by atoms with Gasteiger partial charge in [-0.3, -0.25) is 4.57 Å². The molecule has 2 aromatic heterocycles. The molecule has 0 aliphatic carbocycles. The van der Waals surface area contributed by atoms with Gasteiger partial charge in [-0.05, 0) is 15.9 Å². The van der Waals surface area contributed by atoms with Crippen LogP contribution in [0.15, 0.2) is 10.9 Å². The number of hydrogen-bond donors (Lipinski definition) is 4. The van der Waals surface area contributed by atoms with Gasteiger partial charge in [0.05, 0.1) is 12.9 Å². The van der Waals surface area contributed by atoms with Crippen LogP contribution >= 0.6 is 15.9 Å². The van der Waals surface area contributed by atoms with Gasteiger partial charge in [0.25, 0.3) is 0 Å². The fraction of sp³-hybridized carbons (Fsp3) is 0.500. The van der Waals surface area contributed by atoms with Crippen molar-refractivity contribution in [2.24, 2.45) is 0 Å². The van der Waals surface area contributed by atoms with E-state index in [4.69, 9.17) is 15.6 Å². The molecule has 10 heteroatoms. The number of aliphatic hydroxyl groups is 3. The van der Waals surface area contributed by atoms with Gasteiger partial charge in [0.15, 0.2) is 11.9 Å². The number of nitrogens with zero attached hydrogens (tertiary/aromatic N) is 4. The summed E-state index contributed by atoms with van der Waals surface area (Å²) in [5.74, 6) is 0.0397. The van der Waals surface area contributed by atoms with Gasteiger partial charge in [0, 0.05) is 0 Å². The number of hydrogen-bond acceptors (Lipinski definition) is 8. The molecule has 1 saturated heterocycles. The third-order valence-electron chi connectivity index (χ3n) is 3.19. The molecule has 108 valence electrons. The van der Waals surface area contributed by atoms with Crippen molar-refractivity contribution >= 4 is 33.0 Å². The molecule has 0 spiro atoms. The number of nitrogens with two attached hydrogens (primary N) is 1. The van der Waals surface area contributed by atoms with E-state index in [-0.39, 0.29) is 5.95 Å². The van der Waals surface area contributed by atoms with Crippen molar-refractivity contribution < 1.29 is 20.1 Å². The molecular weight excluding hydrogens is 334 g/mol. The average Bonchev–Trinajstić information content (AvgIpc) is 2.93. The Kier molecular flexibility index (Phi) is 3.34. The van der Waals surface area contributed by atoms with Crippen LogP contribution in [-0.4, -0.2) is 59.8 Å². The molecule has 1 aliphatic rings. The second-order valence-corrected chi connectivity index (χ2v) is 5.18. The number of nitrogen functional groups attached to an aromatic ring is 1. The zero-order chi connectivity index (χ0) is 14.4. The highest BCUT2D eigenvalue weighted by Gasteiger charge is 2.44. The molecule has 20 heavy (non-hydrogen) atoms. The van der Waals surface area contributed by atoms with E-state index in [9.17, 15) is 10.2 Å². The standard InChI is InChI=1S/C10H12BrN5O4/c11-7-4-8(15-10(12)14-7)16(2-13-4)9-6(19)5(18)3(1-17)20-9/h2-3,5-6,9,17-19H,1H2,(H2,12,14,15)/t3-,5+,6-,9+/m0/s1. The Morgan fingerprint density at radius 1 is 1.35 bits per heavy atom. The van der Waals surface area contributed by atoms with Crippen molar-refractivity contribution in [2.45, 2.75) is 24.5 Å². The SMILES string of the molecule is Nc1nc(Br)c2ncn([C@@H]3O[C@@H](CO)[C@@H](O)[C@@H]3O)c2n1. The Morgan fingerprint density at radius 2 is 2.10 bits per heavy atom. The fourth-order valence-electron chi connectivity index (χ4n) is 2.19. The second-order valence-electron chi connectivity index (χ2n) is 4.43. The van der Waals surface area contributed by atoms with Gasteiger partial charge in [0.1, 0.15) is 28.4 Å². The van der Waals surface area contributed by atoms with Crippen LogP contribution in [0.2, 0.25) is 0 Å². The monoisotopic (exact) mass is 345 g/mol. The molecule has 3 rings (SSSR count). The fourth-order valence-corrected chi connectivity index (χ4v) is 2.66. The molecule has 0 bridgehead atoms. The van der Waals surface area contributed by atoms with Gasteiger partial charge in [0.2, 0.25) is 5.95 Å². The number of halogens is 1. The average molecular weight is 346 g/mol. The minimum absolute atomic E-state index is 0.0397. The predicted molar refractivity (Wildman–Crippen MR) is 70.4 cm³/mol.